The Labute approximate surface area is 206 Å². The second-order valence-electron chi connectivity index (χ2n) is 9.00. The summed E-state index contributed by atoms with van der Waals surface area (Å²) in [4.78, 5) is 0. The van der Waals surface area contributed by atoms with E-state index in [0.29, 0.717) is 29.2 Å². The highest BCUT2D eigenvalue weighted by molar-refractivity contribution is 5.74. The predicted octanol–water partition coefficient (Wildman–Crippen LogP) is 9.38. The van der Waals surface area contributed by atoms with E-state index in [2.05, 4.69) is 18.2 Å². The third-order valence-electron chi connectivity index (χ3n) is 6.57. The summed E-state index contributed by atoms with van der Waals surface area (Å²) >= 11 is 0. The molecule has 0 aromatic heterocycles. The lowest BCUT2D eigenvalue weighted by Gasteiger charge is -2.20. The summed E-state index contributed by atoms with van der Waals surface area (Å²) in [7, 11) is 0. The first-order valence-electron chi connectivity index (χ1n) is 12.3. The Balaban J connectivity index is 1.52. The van der Waals surface area contributed by atoms with Crippen molar-refractivity contribution in [2.45, 2.75) is 46.0 Å². The molecule has 0 aliphatic heterocycles. The number of halogens is 3. The van der Waals surface area contributed by atoms with Crippen molar-refractivity contribution in [3.8, 4) is 28.0 Å². The number of benzene rings is 3. The van der Waals surface area contributed by atoms with Gasteiger partial charge in [0.2, 0.25) is 5.82 Å². The molecule has 4 heteroatoms. The zero-order valence-electron chi connectivity index (χ0n) is 20.3. The lowest BCUT2D eigenvalue weighted by molar-refractivity contribution is 0.289. The first-order valence-corrected chi connectivity index (χ1v) is 12.3. The summed E-state index contributed by atoms with van der Waals surface area (Å²) < 4.78 is 49.6. The van der Waals surface area contributed by atoms with Crippen LogP contribution in [0.1, 0.15) is 51.5 Å². The third kappa shape index (κ3) is 5.70. The Morgan fingerprint density at radius 2 is 1.57 bits per heavy atom. The van der Waals surface area contributed by atoms with Crippen LogP contribution in [-0.2, 0) is 0 Å². The van der Waals surface area contributed by atoms with Gasteiger partial charge in [0.15, 0.2) is 11.6 Å². The molecular formula is C31H31F3O. The van der Waals surface area contributed by atoms with Crippen LogP contribution < -0.4 is 4.74 Å². The van der Waals surface area contributed by atoms with Crippen LogP contribution in [0.3, 0.4) is 0 Å². The molecule has 35 heavy (non-hydrogen) atoms. The fourth-order valence-corrected chi connectivity index (χ4v) is 4.53. The van der Waals surface area contributed by atoms with Crippen molar-refractivity contribution < 1.29 is 17.9 Å². The van der Waals surface area contributed by atoms with E-state index in [1.165, 1.54) is 17.7 Å². The summed E-state index contributed by atoms with van der Waals surface area (Å²) in [5.41, 5.74) is 3.93. The van der Waals surface area contributed by atoms with E-state index in [1.54, 1.807) is 36.4 Å². The SMILES string of the molecule is C/C=C/C1CC=C(c2ccc(-c3ccc(-c4ccc(OCCCC)c(F)c4F)cc3)c(F)c2)CC1. The van der Waals surface area contributed by atoms with Gasteiger partial charge < -0.3 is 4.74 Å². The van der Waals surface area contributed by atoms with Gasteiger partial charge in [0.1, 0.15) is 5.82 Å². The quantitative estimate of drug-likeness (QED) is 0.232. The van der Waals surface area contributed by atoms with E-state index in [9.17, 15) is 8.78 Å². The second-order valence-corrected chi connectivity index (χ2v) is 9.00. The van der Waals surface area contributed by atoms with Crippen LogP contribution in [0.15, 0.2) is 72.8 Å². The smallest absolute Gasteiger partial charge is 0.201 e. The normalized spacial score (nSPS) is 15.9. The molecule has 182 valence electrons. The third-order valence-corrected chi connectivity index (χ3v) is 6.57. The summed E-state index contributed by atoms with van der Waals surface area (Å²) in [6, 6.07) is 15.2. The van der Waals surface area contributed by atoms with Gasteiger partial charge in [-0.2, -0.15) is 4.39 Å². The van der Waals surface area contributed by atoms with E-state index in [0.717, 1.165) is 37.7 Å². The summed E-state index contributed by atoms with van der Waals surface area (Å²) in [6.45, 7) is 4.38. The monoisotopic (exact) mass is 476 g/mol. The topological polar surface area (TPSA) is 9.23 Å². The molecule has 4 rings (SSSR count). The van der Waals surface area contributed by atoms with Crippen molar-refractivity contribution in [2.24, 2.45) is 5.92 Å². The first-order chi connectivity index (χ1) is 17.0. The van der Waals surface area contributed by atoms with Gasteiger partial charge in [-0.1, -0.05) is 68.0 Å². The van der Waals surface area contributed by atoms with Gasteiger partial charge in [-0.25, -0.2) is 8.78 Å². The standard InChI is InChI=1S/C31H31F3O/c1-3-5-19-35-29-18-17-27(30(33)31(29)34)24-13-11-23(12-14-24)26-16-15-25(20-28(26)32)22-9-7-21(6-4-2)8-10-22/h4,6,9,11-18,20-21H,3,5,7-8,10,19H2,1-2H3/b6-4+. The molecule has 1 aliphatic carbocycles. The summed E-state index contributed by atoms with van der Waals surface area (Å²) in [6.07, 6.45) is 11.2. The second kappa shape index (κ2) is 11.4. The van der Waals surface area contributed by atoms with Crippen LogP contribution in [0.4, 0.5) is 13.2 Å². The highest BCUT2D eigenvalue weighted by Crippen LogP contribution is 2.35. The minimum atomic E-state index is -0.988. The Morgan fingerprint density at radius 1 is 0.886 bits per heavy atom. The molecule has 0 radical (unpaired) electrons. The van der Waals surface area contributed by atoms with Crippen molar-refractivity contribution in [3.63, 3.8) is 0 Å². The number of allylic oxidation sites excluding steroid dienone is 4. The maximum absolute atomic E-state index is 15.0. The van der Waals surface area contributed by atoms with Crippen molar-refractivity contribution in [3.05, 3.63) is 95.8 Å². The van der Waals surface area contributed by atoms with Gasteiger partial charge in [0, 0.05) is 11.1 Å². The van der Waals surface area contributed by atoms with Crippen molar-refractivity contribution in [1.29, 1.82) is 0 Å². The Hall–Kier alpha value is -3.27. The highest BCUT2D eigenvalue weighted by Gasteiger charge is 2.17. The number of hydrogen-bond acceptors (Lipinski definition) is 1. The lowest BCUT2D eigenvalue weighted by atomic mass is 9.86. The molecule has 0 amide bonds. The van der Waals surface area contributed by atoms with E-state index >= 15 is 4.39 Å². The van der Waals surface area contributed by atoms with Crippen molar-refractivity contribution >= 4 is 5.57 Å². The predicted molar refractivity (Wildman–Crippen MR) is 138 cm³/mol. The molecule has 0 heterocycles. The molecule has 3 aromatic rings. The molecule has 1 unspecified atom stereocenters. The zero-order chi connectivity index (χ0) is 24.8. The maximum Gasteiger partial charge on any atom is 0.201 e. The molecular weight excluding hydrogens is 445 g/mol. The van der Waals surface area contributed by atoms with Crippen molar-refractivity contribution in [1.82, 2.24) is 0 Å². The van der Waals surface area contributed by atoms with E-state index < -0.39 is 11.6 Å². The highest BCUT2D eigenvalue weighted by atomic mass is 19.2. The fraction of sp³-hybridized carbons (Fsp3) is 0.290. The van der Waals surface area contributed by atoms with Crippen LogP contribution in [0, 0.1) is 23.4 Å². The van der Waals surface area contributed by atoms with Crippen LogP contribution in [0.2, 0.25) is 0 Å². The fourth-order valence-electron chi connectivity index (χ4n) is 4.53. The minimum absolute atomic E-state index is 0.0797. The Bertz CT molecular complexity index is 1220. The molecule has 0 saturated heterocycles. The number of rotatable bonds is 8. The summed E-state index contributed by atoms with van der Waals surface area (Å²) in [5.74, 6) is -1.74. The van der Waals surface area contributed by atoms with Crippen LogP contribution >= 0.6 is 0 Å². The lowest BCUT2D eigenvalue weighted by Crippen LogP contribution is -2.03. The van der Waals surface area contributed by atoms with E-state index in [4.69, 9.17) is 4.74 Å². The molecule has 0 spiro atoms. The van der Waals surface area contributed by atoms with Crippen LogP contribution in [-0.4, -0.2) is 6.61 Å². The van der Waals surface area contributed by atoms with Crippen LogP contribution in [0.25, 0.3) is 27.8 Å². The summed E-state index contributed by atoms with van der Waals surface area (Å²) in [5, 5.41) is 0. The van der Waals surface area contributed by atoms with Gasteiger partial charge in [0.05, 0.1) is 6.61 Å². The largest absolute Gasteiger partial charge is 0.490 e. The molecule has 3 aromatic carbocycles. The van der Waals surface area contributed by atoms with Gasteiger partial charge in [-0.05, 0) is 79.0 Å². The molecule has 0 bridgehead atoms. The van der Waals surface area contributed by atoms with Gasteiger partial charge >= 0.3 is 0 Å². The molecule has 0 fully saturated rings. The average Bonchev–Trinajstić information content (AvgIpc) is 2.88. The van der Waals surface area contributed by atoms with Gasteiger partial charge in [-0.3, -0.25) is 0 Å². The molecule has 1 aliphatic rings. The first kappa shape index (κ1) is 24.8. The van der Waals surface area contributed by atoms with E-state index in [1.807, 2.05) is 19.9 Å². The Kier molecular flexibility index (Phi) is 8.12. The van der Waals surface area contributed by atoms with Crippen molar-refractivity contribution in [2.75, 3.05) is 6.61 Å². The molecule has 0 N–H and O–H groups in total. The minimum Gasteiger partial charge on any atom is -0.490 e. The maximum atomic E-state index is 15.0. The number of hydrogen-bond donors (Lipinski definition) is 0. The van der Waals surface area contributed by atoms with Gasteiger partial charge in [-0.15, -0.1) is 0 Å². The molecule has 1 atom stereocenters. The molecule has 1 nitrogen and oxygen atoms in total. The average molecular weight is 477 g/mol. The van der Waals surface area contributed by atoms with Crippen LogP contribution in [0.5, 0.6) is 5.75 Å². The van der Waals surface area contributed by atoms with Gasteiger partial charge in [0.25, 0.3) is 0 Å². The zero-order valence-corrected chi connectivity index (χ0v) is 20.3. The Morgan fingerprint density at radius 3 is 2.20 bits per heavy atom. The number of ether oxygens (including phenoxy) is 1. The molecule has 0 saturated carbocycles. The number of unbranched alkanes of at least 4 members (excludes halogenated alkanes) is 1. The van der Waals surface area contributed by atoms with E-state index in [-0.39, 0.29) is 17.1 Å².